The number of sulfonamides is 1. The number of carbonyl (C=O) groups is 2. The van der Waals surface area contributed by atoms with Crippen molar-refractivity contribution >= 4 is 44.8 Å². The van der Waals surface area contributed by atoms with E-state index < -0.39 is 49.9 Å². The van der Waals surface area contributed by atoms with Crippen molar-refractivity contribution in [2.45, 2.75) is 57.1 Å². The summed E-state index contributed by atoms with van der Waals surface area (Å²) in [5.74, 6) is -1.00. The van der Waals surface area contributed by atoms with Gasteiger partial charge in [0.1, 0.15) is 18.3 Å². The Balaban J connectivity index is 1.88. The van der Waals surface area contributed by atoms with E-state index in [1.54, 1.807) is 12.1 Å². The van der Waals surface area contributed by atoms with Crippen molar-refractivity contribution in [3.05, 3.63) is 129 Å². The van der Waals surface area contributed by atoms with Crippen LogP contribution in [0, 0.1) is 17.0 Å². The molecule has 0 radical (unpaired) electrons. The smallest absolute Gasteiger partial charge is 0.273 e. The Labute approximate surface area is 291 Å². The zero-order valence-corrected chi connectivity index (χ0v) is 29.3. The highest BCUT2D eigenvalue weighted by atomic mass is 35.5. The van der Waals surface area contributed by atoms with Gasteiger partial charge in [-0.2, -0.15) is 0 Å². The lowest BCUT2D eigenvalue weighted by molar-refractivity contribution is -0.385. The lowest BCUT2D eigenvalue weighted by Gasteiger charge is -2.34. The average molecular weight is 707 g/mol. The lowest BCUT2D eigenvalue weighted by atomic mass is 10.0. The summed E-state index contributed by atoms with van der Waals surface area (Å²) in [7, 11) is -3.32. The Morgan fingerprint density at radius 1 is 0.959 bits per heavy atom. The molecule has 0 unspecified atom stereocenters. The SMILES string of the molecule is CC[C@@H](C)NC(=O)[C@H](Cc1ccccc1)N(Cc1ccccc1)C(=O)CN(c1cc(Cl)ccc1OC)S(=O)(=O)c1ccc(C)c([N+](=O)[O-])c1. The molecule has 11 nitrogen and oxygen atoms in total. The van der Waals surface area contributed by atoms with E-state index in [9.17, 15) is 28.1 Å². The Kier molecular flexibility index (Phi) is 12.4. The molecule has 2 amide bonds. The predicted octanol–water partition coefficient (Wildman–Crippen LogP) is 6.32. The number of amides is 2. The summed E-state index contributed by atoms with van der Waals surface area (Å²) in [6, 6.07) is 24.9. The minimum atomic E-state index is -4.66. The predicted molar refractivity (Wildman–Crippen MR) is 189 cm³/mol. The summed E-state index contributed by atoms with van der Waals surface area (Å²) < 4.78 is 35.2. The number of anilines is 1. The number of benzene rings is 4. The van der Waals surface area contributed by atoms with Crippen molar-refractivity contribution in [3.8, 4) is 5.75 Å². The van der Waals surface area contributed by atoms with Crippen LogP contribution in [0.2, 0.25) is 5.02 Å². The standard InChI is InChI=1S/C36H39ClN4O7S/c1-5-26(3)38-36(43)33(20-27-12-8-6-9-13-27)39(23-28-14-10-7-11-15-28)35(42)24-40(32-21-29(37)17-19-34(32)48-4)49(46,47)30-18-16-25(2)31(22-30)41(44)45/h6-19,21-22,26,33H,5,20,23-24H2,1-4H3,(H,38,43)/t26-,33+/m1/s1. The zero-order valence-electron chi connectivity index (χ0n) is 27.7. The molecule has 0 spiro atoms. The van der Waals surface area contributed by atoms with Gasteiger partial charge in [0.25, 0.3) is 15.7 Å². The fraction of sp³-hybridized carbons (Fsp3) is 0.278. The number of halogens is 1. The zero-order chi connectivity index (χ0) is 35.7. The maximum absolute atomic E-state index is 14.7. The number of nitro benzene ring substituents is 1. The first-order valence-corrected chi connectivity index (χ1v) is 17.5. The molecule has 0 aliphatic rings. The fourth-order valence-electron chi connectivity index (χ4n) is 5.22. The van der Waals surface area contributed by atoms with Gasteiger partial charge in [-0.05, 0) is 55.7 Å². The minimum absolute atomic E-state index is 0.0122. The van der Waals surface area contributed by atoms with Gasteiger partial charge in [-0.1, -0.05) is 85.3 Å². The highest BCUT2D eigenvalue weighted by molar-refractivity contribution is 7.92. The van der Waals surface area contributed by atoms with Crippen LogP contribution in [-0.4, -0.2) is 55.8 Å². The summed E-state index contributed by atoms with van der Waals surface area (Å²) in [6.45, 7) is 4.49. The maximum atomic E-state index is 14.7. The molecule has 13 heteroatoms. The van der Waals surface area contributed by atoms with E-state index in [-0.39, 0.29) is 41.0 Å². The van der Waals surface area contributed by atoms with Gasteiger partial charge in [-0.3, -0.25) is 24.0 Å². The molecule has 49 heavy (non-hydrogen) atoms. The number of hydrogen-bond acceptors (Lipinski definition) is 7. The van der Waals surface area contributed by atoms with Gasteiger partial charge in [-0.25, -0.2) is 8.42 Å². The van der Waals surface area contributed by atoms with Crippen molar-refractivity contribution in [1.29, 1.82) is 0 Å². The molecule has 258 valence electrons. The fourth-order valence-corrected chi connectivity index (χ4v) is 6.82. The number of nitrogens with one attached hydrogen (secondary N) is 1. The van der Waals surface area contributed by atoms with E-state index in [2.05, 4.69) is 5.32 Å². The molecule has 0 aliphatic heterocycles. The van der Waals surface area contributed by atoms with Crippen LogP contribution < -0.4 is 14.4 Å². The van der Waals surface area contributed by atoms with Gasteiger partial charge in [0.2, 0.25) is 11.8 Å². The van der Waals surface area contributed by atoms with Crippen molar-refractivity contribution in [1.82, 2.24) is 10.2 Å². The van der Waals surface area contributed by atoms with E-state index in [0.29, 0.717) is 12.0 Å². The number of nitro groups is 1. The molecule has 0 aromatic heterocycles. The minimum Gasteiger partial charge on any atom is -0.495 e. The number of carbonyl (C=O) groups excluding carboxylic acids is 2. The molecule has 0 saturated carbocycles. The monoisotopic (exact) mass is 706 g/mol. The third-order valence-electron chi connectivity index (χ3n) is 8.12. The molecule has 0 saturated heterocycles. The number of aryl methyl sites for hydroxylation is 1. The van der Waals surface area contributed by atoms with Crippen LogP contribution >= 0.6 is 11.6 Å². The molecule has 0 bridgehead atoms. The summed E-state index contributed by atoms with van der Waals surface area (Å²) in [6.07, 6.45) is 0.804. The van der Waals surface area contributed by atoms with Crippen LogP contribution in [0.25, 0.3) is 0 Å². The molecular formula is C36H39ClN4O7S. The summed E-state index contributed by atoms with van der Waals surface area (Å²) in [5.41, 5.74) is 1.31. The topological polar surface area (TPSA) is 139 Å². The van der Waals surface area contributed by atoms with Gasteiger partial charge < -0.3 is 15.0 Å². The molecular weight excluding hydrogens is 668 g/mol. The first kappa shape index (κ1) is 36.9. The Morgan fingerprint density at radius 2 is 1.59 bits per heavy atom. The molecule has 0 aliphatic carbocycles. The van der Waals surface area contributed by atoms with Crippen LogP contribution in [-0.2, 0) is 32.6 Å². The maximum Gasteiger partial charge on any atom is 0.273 e. The third kappa shape index (κ3) is 9.15. The van der Waals surface area contributed by atoms with Crippen LogP contribution in [0.15, 0.2) is 102 Å². The van der Waals surface area contributed by atoms with Crippen molar-refractivity contribution < 1.29 is 27.7 Å². The van der Waals surface area contributed by atoms with E-state index in [1.807, 2.05) is 62.4 Å². The second kappa shape index (κ2) is 16.4. The van der Waals surface area contributed by atoms with E-state index >= 15 is 0 Å². The third-order valence-corrected chi connectivity index (χ3v) is 10.1. The first-order valence-electron chi connectivity index (χ1n) is 15.6. The summed E-state index contributed by atoms with van der Waals surface area (Å²) >= 11 is 6.34. The highest BCUT2D eigenvalue weighted by Gasteiger charge is 2.36. The molecule has 0 heterocycles. The van der Waals surface area contributed by atoms with Crippen molar-refractivity contribution in [3.63, 3.8) is 0 Å². The number of ether oxygens (including phenoxy) is 1. The van der Waals surface area contributed by atoms with Gasteiger partial charge in [-0.15, -0.1) is 0 Å². The van der Waals surface area contributed by atoms with Gasteiger partial charge in [0.05, 0.1) is 22.6 Å². The molecule has 4 rings (SSSR count). The Morgan fingerprint density at radius 3 is 2.18 bits per heavy atom. The Hall–Kier alpha value is -4.94. The van der Waals surface area contributed by atoms with Crippen LogP contribution in [0.3, 0.4) is 0 Å². The lowest BCUT2D eigenvalue weighted by Crippen LogP contribution is -2.54. The van der Waals surface area contributed by atoms with Gasteiger partial charge >= 0.3 is 0 Å². The quantitative estimate of drug-likeness (QED) is 0.113. The van der Waals surface area contributed by atoms with Gasteiger partial charge in [0, 0.05) is 35.7 Å². The second-order valence-corrected chi connectivity index (χ2v) is 13.9. The van der Waals surface area contributed by atoms with Crippen LogP contribution in [0.4, 0.5) is 11.4 Å². The van der Waals surface area contributed by atoms with Gasteiger partial charge in [0.15, 0.2) is 0 Å². The summed E-state index contributed by atoms with van der Waals surface area (Å²) in [4.78, 5) is 40.7. The van der Waals surface area contributed by atoms with E-state index in [0.717, 1.165) is 15.9 Å². The normalized spacial score (nSPS) is 12.4. The van der Waals surface area contributed by atoms with Crippen LogP contribution in [0.5, 0.6) is 5.75 Å². The number of hydrogen-bond donors (Lipinski definition) is 1. The van der Waals surface area contributed by atoms with E-state index in [1.165, 1.54) is 49.3 Å². The molecule has 2 atom stereocenters. The second-order valence-electron chi connectivity index (χ2n) is 11.6. The Bertz CT molecular complexity index is 1890. The van der Waals surface area contributed by atoms with Crippen molar-refractivity contribution in [2.24, 2.45) is 0 Å². The highest BCUT2D eigenvalue weighted by Crippen LogP contribution is 2.36. The number of rotatable bonds is 15. The largest absolute Gasteiger partial charge is 0.495 e. The van der Waals surface area contributed by atoms with Crippen molar-refractivity contribution in [2.75, 3.05) is 18.0 Å². The molecule has 0 fully saturated rings. The molecule has 1 N–H and O–H groups in total. The average Bonchev–Trinajstić information content (AvgIpc) is 3.09. The van der Waals surface area contributed by atoms with E-state index in [4.69, 9.17) is 16.3 Å². The summed E-state index contributed by atoms with van der Waals surface area (Å²) in [5, 5.41) is 14.9. The first-order chi connectivity index (χ1) is 23.3. The molecule has 4 aromatic carbocycles. The number of nitrogens with zero attached hydrogens (tertiary/aromatic N) is 3. The van der Waals surface area contributed by atoms with Crippen LogP contribution in [0.1, 0.15) is 37.0 Å². The molecule has 4 aromatic rings. The number of methoxy groups -OCH3 is 1.